The molecule has 2 saturated heterocycles. The summed E-state index contributed by atoms with van der Waals surface area (Å²) in [5, 5.41) is 6.41. The van der Waals surface area contributed by atoms with E-state index in [1.54, 1.807) is 0 Å². The Morgan fingerprint density at radius 2 is 2.50 bits per heavy atom. The van der Waals surface area contributed by atoms with E-state index in [2.05, 4.69) is 17.6 Å². The molecule has 2 N–H and O–H groups in total. The Kier molecular flexibility index (Phi) is 3.02. The Morgan fingerprint density at radius 3 is 3.07 bits per heavy atom. The van der Waals surface area contributed by atoms with Gasteiger partial charge in [-0.1, -0.05) is 0 Å². The molecule has 0 aromatic heterocycles. The van der Waals surface area contributed by atoms with Crippen LogP contribution >= 0.6 is 11.8 Å². The molecular formula is C10H18N2OS. The van der Waals surface area contributed by atoms with Crippen molar-refractivity contribution >= 4 is 17.7 Å². The molecule has 2 unspecified atom stereocenters. The summed E-state index contributed by atoms with van der Waals surface area (Å²) < 4.78 is 0. The number of carbonyl (C=O) groups is 1. The first kappa shape index (κ1) is 10.3. The first-order valence-corrected chi connectivity index (χ1v) is 6.46. The molecule has 2 heterocycles. The molecule has 80 valence electrons. The molecule has 0 radical (unpaired) electrons. The molecule has 2 aliphatic heterocycles. The predicted molar refractivity (Wildman–Crippen MR) is 59.5 cm³/mol. The third-order valence-corrected chi connectivity index (χ3v) is 4.34. The standard InChI is InChI=1S/C10H18N2OS/c1-10(3-4-11-7-10)9(13)12-8-2-5-14-6-8/h8,11H,2-7H2,1H3,(H,12,13). The number of amides is 1. The van der Waals surface area contributed by atoms with Gasteiger partial charge in [0.15, 0.2) is 0 Å². The second-order valence-corrected chi connectivity index (χ2v) is 5.67. The lowest BCUT2D eigenvalue weighted by molar-refractivity contribution is -0.129. The van der Waals surface area contributed by atoms with Gasteiger partial charge >= 0.3 is 0 Å². The summed E-state index contributed by atoms with van der Waals surface area (Å²) in [6, 6.07) is 0.421. The van der Waals surface area contributed by atoms with Gasteiger partial charge in [0.2, 0.25) is 5.91 Å². The minimum absolute atomic E-state index is 0.159. The van der Waals surface area contributed by atoms with E-state index < -0.39 is 0 Å². The Bertz CT molecular complexity index is 220. The smallest absolute Gasteiger partial charge is 0.227 e. The molecule has 0 aromatic rings. The highest BCUT2D eigenvalue weighted by Crippen LogP contribution is 2.26. The molecule has 0 saturated carbocycles. The summed E-state index contributed by atoms with van der Waals surface area (Å²) in [6.45, 7) is 3.87. The van der Waals surface area contributed by atoms with Crippen LogP contribution in [0.25, 0.3) is 0 Å². The predicted octanol–water partition coefficient (Wildman–Crippen LogP) is 0.608. The Labute approximate surface area is 89.4 Å². The lowest BCUT2D eigenvalue weighted by atomic mass is 9.88. The van der Waals surface area contributed by atoms with Crippen molar-refractivity contribution < 1.29 is 4.79 Å². The Morgan fingerprint density at radius 1 is 1.64 bits per heavy atom. The molecule has 0 spiro atoms. The lowest BCUT2D eigenvalue weighted by Crippen LogP contribution is -2.45. The second-order valence-electron chi connectivity index (χ2n) is 4.52. The van der Waals surface area contributed by atoms with E-state index in [1.165, 1.54) is 5.75 Å². The van der Waals surface area contributed by atoms with Gasteiger partial charge in [0.05, 0.1) is 5.41 Å². The van der Waals surface area contributed by atoms with Gasteiger partial charge in [-0.25, -0.2) is 0 Å². The van der Waals surface area contributed by atoms with Crippen LogP contribution in [-0.4, -0.2) is 36.5 Å². The van der Waals surface area contributed by atoms with Gasteiger partial charge < -0.3 is 10.6 Å². The minimum atomic E-state index is -0.159. The summed E-state index contributed by atoms with van der Waals surface area (Å²) in [6.07, 6.45) is 2.11. The molecule has 2 aliphatic rings. The maximum Gasteiger partial charge on any atom is 0.227 e. The Balaban J connectivity index is 1.87. The first-order chi connectivity index (χ1) is 6.71. The zero-order valence-electron chi connectivity index (χ0n) is 8.64. The van der Waals surface area contributed by atoms with E-state index in [4.69, 9.17) is 0 Å². The monoisotopic (exact) mass is 214 g/mol. The van der Waals surface area contributed by atoms with E-state index in [-0.39, 0.29) is 11.3 Å². The van der Waals surface area contributed by atoms with Gasteiger partial charge in [-0.15, -0.1) is 0 Å². The first-order valence-electron chi connectivity index (χ1n) is 5.30. The zero-order chi connectivity index (χ0) is 10.0. The summed E-state index contributed by atoms with van der Waals surface area (Å²) in [5.41, 5.74) is -0.159. The van der Waals surface area contributed by atoms with Gasteiger partial charge in [0.1, 0.15) is 0 Å². The van der Waals surface area contributed by atoms with Crippen molar-refractivity contribution in [1.82, 2.24) is 10.6 Å². The third-order valence-electron chi connectivity index (χ3n) is 3.18. The SMILES string of the molecule is CC1(C(=O)NC2CCSC2)CCNC1. The molecular weight excluding hydrogens is 196 g/mol. The summed E-state index contributed by atoms with van der Waals surface area (Å²) in [5.74, 6) is 2.53. The topological polar surface area (TPSA) is 41.1 Å². The second kappa shape index (κ2) is 4.11. The van der Waals surface area contributed by atoms with Crippen LogP contribution in [0.2, 0.25) is 0 Å². The van der Waals surface area contributed by atoms with Gasteiger partial charge in [-0.2, -0.15) is 11.8 Å². The van der Waals surface area contributed by atoms with Crippen LogP contribution < -0.4 is 10.6 Å². The number of thioether (sulfide) groups is 1. The largest absolute Gasteiger partial charge is 0.352 e. The van der Waals surface area contributed by atoms with Crippen molar-refractivity contribution in [3.63, 3.8) is 0 Å². The molecule has 0 bridgehead atoms. The molecule has 14 heavy (non-hydrogen) atoms. The normalized spacial score (nSPS) is 37.4. The highest BCUT2D eigenvalue weighted by Gasteiger charge is 2.37. The van der Waals surface area contributed by atoms with Gasteiger partial charge in [-0.3, -0.25) is 4.79 Å². The van der Waals surface area contributed by atoms with Crippen molar-refractivity contribution in [2.45, 2.75) is 25.8 Å². The van der Waals surface area contributed by atoms with Crippen LogP contribution in [0.15, 0.2) is 0 Å². The minimum Gasteiger partial charge on any atom is -0.352 e. The molecule has 0 aromatic carbocycles. The molecule has 1 amide bonds. The van der Waals surface area contributed by atoms with Crippen LogP contribution in [0.3, 0.4) is 0 Å². The van der Waals surface area contributed by atoms with Crippen molar-refractivity contribution in [1.29, 1.82) is 0 Å². The molecule has 2 fully saturated rings. The van der Waals surface area contributed by atoms with Crippen molar-refractivity contribution in [3.8, 4) is 0 Å². The zero-order valence-corrected chi connectivity index (χ0v) is 9.45. The van der Waals surface area contributed by atoms with Crippen molar-refractivity contribution in [2.24, 2.45) is 5.41 Å². The highest BCUT2D eigenvalue weighted by atomic mass is 32.2. The van der Waals surface area contributed by atoms with Crippen molar-refractivity contribution in [2.75, 3.05) is 24.6 Å². The fourth-order valence-electron chi connectivity index (χ4n) is 2.02. The summed E-state index contributed by atoms with van der Waals surface area (Å²) >= 11 is 1.94. The third kappa shape index (κ3) is 2.06. The lowest BCUT2D eigenvalue weighted by Gasteiger charge is -2.23. The van der Waals surface area contributed by atoms with E-state index in [0.717, 1.165) is 31.7 Å². The fourth-order valence-corrected chi connectivity index (χ4v) is 3.17. The highest BCUT2D eigenvalue weighted by molar-refractivity contribution is 7.99. The number of rotatable bonds is 2. The van der Waals surface area contributed by atoms with E-state index >= 15 is 0 Å². The fraction of sp³-hybridized carbons (Fsp3) is 0.900. The average Bonchev–Trinajstić information content (AvgIpc) is 2.76. The van der Waals surface area contributed by atoms with E-state index in [0.29, 0.717) is 6.04 Å². The van der Waals surface area contributed by atoms with Crippen LogP contribution in [-0.2, 0) is 4.79 Å². The van der Waals surface area contributed by atoms with E-state index in [9.17, 15) is 4.79 Å². The molecule has 2 atom stereocenters. The average molecular weight is 214 g/mol. The molecule has 4 heteroatoms. The molecule has 0 aliphatic carbocycles. The number of hydrogen-bond donors (Lipinski definition) is 2. The summed E-state index contributed by atoms with van der Waals surface area (Å²) in [7, 11) is 0. The number of nitrogens with one attached hydrogen (secondary N) is 2. The van der Waals surface area contributed by atoms with E-state index in [1.807, 2.05) is 11.8 Å². The molecule has 3 nitrogen and oxygen atoms in total. The van der Waals surface area contributed by atoms with Crippen LogP contribution in [0.4, 0.5) is 0 Å². The maximum atomic E-state index is 12.0. The number of hydrogen-bond acceptors (Lipinski definition) is 3. The van der Waals surface area contributed by atoms with Gasteiger partial charge in [-0.05, 0) is 32.1 Å². The summed E-state index contributed by atoms with van der Waals surface area (Å²) in [4.78, 5) is 12.0. The molecule has 2 rings (SSSR count). The maximum absolute atomic E-state index is 12.0. The van der Waals surface area contributed by atoms with Crippen LogP contribution in [0, 0.1) is 5.41 Å². The van der Waals surface area contributed by atoms with Crippen molar-refractivity contribution in [3.05, 3.63) is 0 Å². The van der Waals surface area contributed by atoms with Gasteiger partial charge in [0, 0.05) is 18.3 Å². The number of carbonyl (C=O) groups excluding carboxylic acids is 1. The quantitative estimate of drug-likeness (QED) is 0.707. The van der Waals surface area contributed by atoms with Gasteiger partial charge in [0.25, 0.3) is 0 Å². The van der Waals surface area contributed by atoms with Crippen LogP contribution in [0.5, 0.6) is 0 Å². The Hall–Kier alpha value is -0.220. The van der Waals surface area contributed by atoms with Crippen LogP contribution in [0.1, 0.15) is 19.8 Å².